The molecule has 0 aromatic heterocycles. The van der Waals surface area contributed by atoms with E-state index in [0.717, 1.165) is 0 Å². The Hall–Kier alpha value is -2.11. The summed E-state index contributed by atoms with van der Waals surface area (Å²) in [6.07, 6.45) is -9.12. The van der Waals surface area contributed by atoms with E-state index in [9.17, 15) is 30.0 Å². The molecule has 0 spiro atoms. The van der Waals surface area contributed by atoms with Gasteiger partial charge in [-0.25, -0.2) is 9.59 Å². The number of aliphatic carboxylic acids is 1. The lowest BCUT2D eigenvalue weighted by Crippen LogP contribution is -2.65. The lowest BCUT2D eigenvalue weighted by molar-refractivity contribution is -0.226. The van der Waals surface area contributed by atoms with E-state index >= 15 is 0 Å². The molecule has 3 unspecified atom stereocenters. The monoisotopic (exact) mass is 362 g/mol. The van der Waals surface area contributed by atoms with E-state index in [2.05, 4.69) is 10.0 Å². The Kier molecular flexibility index (Phi) is 6.96. The van der Waals surface area contributed by atoms with Crippen molar-refractivity contribution in [2.45, 2.75) is 62.9 Å². The summed E-state index contributed by atoms with van der Waals surface area (Å²) in [5.74, 6) is -1.55. The van der Waals surface area contributed by atoms with Crippen LogP contribution in [0.15, 0.2) is 5.11 Å². The average molecular weight is 362 g/mol. The molecule has 25 heavy (non-hydrogen) atoms. The molecule has 12 nitrogen and oxygen atoms in total. The molecule has 0 aromatic carbocycles. The molecule has 1 amide bonds. The summed E-state index contributed by atoms with van der Waals surface area (Å²) >= 11 is 0. The number of carbonyl (C=O) groups excluding carboxylic acids is 1. The maximum absolute atomic E-state index is 11.8. The first-order chi connectivity index (χ1) is 11.5. The smallest absolute Gasteiger partial charge is 0.408 e. The average Bonchev–Trinajstić information content (AvgIpc) is 2.48. The number of aliphatic hydroxyl groups is 3. The number of azide groups is 1. The number of rotatable bonds is 5. The van der Waals surface area contributed by atoms with Crippen molar-refractivity contribution in [3.05, 3.63) is 10.4 Å². The second kappa shape index (κ2) is 8.32. The Labute approximate surface area is 143 Å². The highest BCUT2D eigenvalue weighted by molar-refractivity contribution is 5.80. The van der Waals surface area contributed by atoms with Gasteiger partial charge in [-0.2, -0.15) is 0 Å². The molecule has 1 aliphatic rings. The Balaban J connectivity index is 2.97. The van der Waals surface area contributed by atoms with Crippen LogP contribution in [0.5, 0.6) is 0 Å². The van der Waals surface area contributed by atoms with Gasteiger partial charge in [0.25, 0.3) is 0 Å². The molecule has 0 bridgehead atoms. The van der Waals surface area contributed by atoms with E-state index in [4.69, 9.17) is 15.0 Å². The molecular weight excluding hydrogens is 340 g/mol. The predicted molar refractivity (Wildman–Crippen MR) is 81.5 cm³/mol. The number of nitrogens with zero attached hydrogens (tertiary/aromatic N) is 3. The number of hydrogen-bond donors (Lipinski definition) is 5. The predicted octanol–water partition coefficient (Wildman–Crippen LogP) is -0.875. The van der Waals surface area contributed by atoms with E-state index in [1.165, 1.54) is 0 Å². The van der Waals surface area contributed by atoms with Crippen molar-refractivity contribution in [2.75, 3.05) is 6.54 Å². The highest BCUT2D eigenvalue weighted by Crippen LogP contribution is 2.24. The molecule has 1 fully saturated rings. The number of hydrogen-bond acceptors (Lipinski definition) is 8. The second-order valence-corrected chi connectivity index (χ2v) is 6.49. The fourth-order valence-corrected chi connectivity index (χ4v) is 2.24. The van der Waals surface area contributed by atoms with Crippen molar-refractivity contribution in [3.63, 3.8) is 0 Å². The number of carbonyl (C=O) groups is 2. The fourth-order valence-electron chi connectivity index (χ4n) is 2.24. The SMILES string of the molecule is CC(C)(C)OC(=O)NC(C(=O)O)[C@H]1OC(CN=[N+]=[N-])[C@H](O)[C@H](O)C1O. The van der Waals surface area contributed by atoms with Crippen LogP contribution < -0.4 is 5.32 Å². The van der Waals surface area contributed by atoms with Crippen molar-refractivity contribution >= 4 is 12.1 Å². The Bertz CT molecular complexity index is 545. The van der Waals surface area contributed by atoms with Crippen molar-refractivity contribution < 1.29 is 39.5 Å². The van der Waals surface area contributed by atoms with Gasteiger partial charge in [0.2, 0.25) is 0 Å². The highest BCUT2D eigenvalue weighted by atomic mass is 16.6. The molecule has 0 radical (unpaired) electrons. The zero-order chi connectivity index (χ0) is 19.4. The minimum atomic E-state index is -1.81. The molecule has 0 aromatic rings. The van der Waals surface area contributed by atoms with Gasteiger partial charge in [0, 0.05) is 4.91 Å². The summed E-state index contributed by atoms with van der Waals surface area (Å²) in [7, 11) is 0. The number of carboxylic acids is 1. The van der Waals surface area contributed by atoms with Gasteiger partial charge < -0.3 is 35.2 Å². The lowest BCUT2D eigenvalue weighted by atomic mass is 9.91. The van der Waals surface area contributed by atoms with Crippen LogP contribution in [0.1, 0.15) is 20.8 Å². The van der Waals surface area contributed by atoms with Crippen LogP contribution in [-0.2, 0) is 14.3 Å². The van der Waals surface area contributed by atoms with Crippen LogP contribution in [0.3, 0.4) is 0 Å². The van der Waals surface area contributed by atoms with Crippen LogP contribution in [0.4, 0.5) is 4.79 Å². The van der Waals surface area contributed by atoms with Gasteiger partial charge in [-0.3, -0.25) is 0 Å². The summed E-state index contributed by atoms with van der Waals surface area (Å²) in [5.41, 5.74) is 7.44. The number of nitrogens with one attached hydrogen (secondary N) is 1. The normalized spacial score (nSPS) is 30.7. The molecule has 1 heterocycles. The lowest BCUT2D eigenvalue weighted by Gasteiger charge is -2.42. The van der Waals surface area contributed by atoms with Crippen molar-refractivity contribution in [1.29, 1.82) is 0 Å². The van der Waals surface area contributed by atoms with Gasteiger partial charge in [-0.05, 0) is 26.3 Å². The number of alkyl carbamates (subject to hydrolysis) is 1. The van der Waals surface area contributed by atoms with Crippen LogP contribution in [0.25, 0.3) is 10.4 Å². The fraction of sp³-hybridized carbons (Fsp3) is 0.846. The first kappa shape index (κ1) is 20.9. The second-order valence-electron chi connectivity index (χ2n) is 6.49. The third-order valence-electron chi connectivity index (χ3n) is 3.34. The Morgan fingerprint density at radius 2 is 1.88 bits per heavy atom. The van der Waals surface area contributed by atoms with Crippen molar-refractivity contribution in [1.82, 2.24) is 5.32 Å². The van der Waals surface area contributed by atoms with Crippen molar-refractivity contribution in [2.24, 2.45) is 5.11 Å². The van der Waals surface area contributed by atoms with Crippen LogP contribution in [0.2, 0.25) is 0 Å². The third kappa shape index (κ3) is 5.73. The quantitative estimate of drug-likeness (QED) is 0.236. The van der Waals surface area contributed by atoms with Crippen LogP contribution in [0, 0.1) is 0 Å². The molecule has 1 aliphatic heterocycles. The van der Waals surface area contributed by atoms with E-state index in [1.807, 2.05) is 5.32 Å². The Morgan fingerprint density at radius 1 is 1.28 bits per heavy atom. The minimum absolute atomic E-state index is 0.406. The van der Waals surface area contributed by atoms with Crippen LogP contribution in [-0.4, -0.2) is 81.2 Å². The summed E-state index contributed by atoms with van der Waals surface area (Å²) < 4.78 is 10.2. The minimum Gasteiger partial charge on any atom is -0.480 e. The number of aliphatic hydroxyl groups excluding tert-OH is 3. The molecule has 6 atom stereocenters. The van der Waals surface area contributed by atoms with Crippen LogP contribution >= 0.6 is 0 Å². The van der Waals surface area contributed by atoms with Gasteiger partial charge in [-0.15, -0.1) is 0 Å². The molecule has 0 aliphatic carbocycles. The first-order valence-corrected chi connectivity index (χ1v) is 7.40. The van der Waals surface area contributed by atoms with Crippen molar-refractivity contribution in [3.8, 4) is 0 Å². The first-order valence-electron chi connectivity index (χ1n) is 7.40. The van der Waals surface area contributed by atoms with E-state index in [-0.39, 0.29) is 0 Å². The van der Waals surface area contributed by atoms with E-state index in [1.54, 1.807) is 20.8 Å². The molecule has 0 saturated carbocycles. The molecule has 12 heteroatoms. The largest absolute Gasteiger partial charge is 0.480 e. The van der Waals surface area contributed by atoms with Gasteiger partial charge in [0.1, 0.15) is 30.0 Å². The zero-order valence-corrected chi connectivity index (χ0v) is 13.9. The molecule has 5 N–H and O–H groups in total. The number of amides is 1. The van der Waals surface area contributed by atoms with Gasteiger partial charge in [0.15, 0.2) is 6.04 Å². The topological polar surface area (TPSA) is 194 Å². The molecule has 142 valence electrons. The number of ether oxygens (including phenoxy) is 2. The zero-order valence-electron chi connectivity index (χ0n) is 13.9. The van der Waals surface area contributed by atoms with E-state index in [0.29, 0.717) is 0 Å². The molecule has 1 saturated heterocycles. The maximum atomic E-state index is 11.8. The summed E-state index contributed by atoms with van der Waals surface area (Å²) in [4.78, 5) is 25.8. The summed E-state index contributed by atoms with van der Waals surface area (Å²) in [5, 5.41) is 44.3. The van der Waals surface area contributed by atoms with Gasteiger partial charge in [0.05, 0.1) is 12.6 Å². The standard InChI is InChI=1S/C13H22N4O8/c1-13(2,3)25-12(23)16-6(11(21)22)10-9(20)8(19)7(18)5(24-10)4-15-17-14/h5-10,18-20H,4H2,1-3H3,(H,16,23)(H,21,22)/t5?,6?,7-,8-,9?,10+/m0/s1. The molecular formula is C13H22N4O8. The highest BCUT2D eigenvalue weighted by Gasteiger charge is 2.49. The summed E-state index contributed by atoms with van der Waals surface area (Å²) in [6.45, 7) is 4.32. The summed E-state index contributed by atoms with van der Waals surface area (Å²) in [6, 6.07) is -1.78. The van der Waals surface area contributed by atoms with Gasteiger partial charge in [-0.1, -0.05) is 5.11 Å². The van der Waals surface area contributed by atoms with Gasteiger partial charge >= 0.3 is 12.1 Å². The van der Waals surface area contributed by atoms with E-state index < -0.39 is 60.8 Å². The Morgan fingerprint density at radius 3 is 2.36 bits per heavy atom. The third-order valence-corrected chi connectivity index (χ3v) is 3.34. The molecule has 1 rings (SSSR count). The maximum Gasteiger partial charge on any atom is 0.408 e. The number of carboxylic acid groups (broad SMARTS) is 1.